The number of hydrogen-bond donors (Lipinski definition) is 2. The molecule has 2 heterocycles. The van der Waals surface area contributed by atoms with Gasteiger partial charge in [-0.3, -0.25) is 14.4 Å². The number of nitrogens with one attached hydrogen (secondary N) is 2. The smallest absolute Gasteiger partial charge is 0.731 e. The van der Waals surface area contributed by atoms with Crippen molar-refractivity contribution in [1.29, 1.82) is 0 Å². The fourth-order valence-corrected chi connectivity index (χ4v) is 3.83. The second-order valence-electron chi connectivity index (χ2n) is 5.13. The first-order valence-corrected chi connectivity index (χ1v) is 9.91. The Morgan fingerprint density at radius 3 is 2.64 bits per heavy atom. The number of carbonyl (C=O) groups is 3. The van der Waals surface area contributed by atoms with Gasteiger partial charge >= 0.3 is 29.6 Å². The first-order valence-electron chi connectivity index (χ1n) is 7.13. The fourth-order valence-electron chi connectivity index (χ4n) is 2.19. The molecular formula is C12H13ClN5NaO7S2. The zero-order valence-corrected chi connectivity index (χ0v) is 19.2. The third-order valence-electron chi connectivity index (χ3n) is 3.38. The summed E-state index contributed by atoms with van der Waals surface area (Å²) in [4.78, 5) is 44.1. The molecule has 0 bridgehead atoms. The molecule has 2 rings (SSSR count). The summed E-state index contributed by atoms with van der Waals surface area (Å²) >= 11 is 6.37. The molecule has 12 nitrogen and oxygen atoms in total. The van der Waals surface area contributed by atoms with Crippen LogP contribution in [0.25, 0.3) is 0 Å². The van der Waals surface area contributed by atoms with E-state index in [0.29, 0.717) is 0 Å². The SMILES string of the molecule is CON=C(C(=O)N[C@H]1C(=O)N(S(=O)(=O)[O-])[C@H]1C)c1csc(NC(=O)CCl)n1.[Na+]. The molecule has 0 aliphatic carbocycles. The molecule has 148 valence electrons. The van der Waals surface area contributed by atoms with E-state index < -0.39 is 40.1 Å². The van der Waals surface area contributed by atoms with Crippen molar-refractivity contribution in [1.82, 2.24) is 14.6 Å². The summed E-state index contributed by atoms with van der Waals surface area (Å²) in [6.07, 6.45) is 0. The number of hydrogen-bond acceptors (Lipinski definition) is 10. The average Bonchev–Trinajstić information content (AvgIpc) is 3.04. The van der Waals surface area contributed by atoms with Gasteiger partial charge in [0.25, 0.3) is 11.8 Å². The van der Waals surface area contributed by atoms with Crippen LogP contribution >= 0.6 is 22.9 Å². The number of oxime groups is 1. The normalized spacial score (nSPS) is 19.4. The third-order valence-corrected chi connectivity index (χ3v) is 5.37. The number of thiazole rings is 1. The molecular weight excluding hydrogens is 449 g/mol. The van der Waals surface area contributed by atoms with Crippen molar-refractivity contribution in [3.8, 4) is 0 Å². The Hall–Kier alpha value is -1.29. The van der Waals surface area contributed by atoms with Crippen molar-refractivity contribution >= 4 is 61.8 Å². The summed E-state index contributed by atoms with van der Waals surface area (Å²) < 4.78 is 33.1. The molecule has 0 unspecified atom stereocenters. The van der Waals surface area contributed by atoms with E-state index in [-0.39, 0.29) is 56.3 Å². The van der Waals surface area contributed by atoms with Gasteiger partial charge < -0.3 is 20.0 Å². The van der Waals surface area contributed by atoms with Gasteiger partial charge in [-0.05, 0) is 6.92 Å². The number of aromatic nitrogens is 1. The van der Waals surface area contributed by atoms with Crippen LogP contribution in [-0.2, 0) is 29.5 Å². The molecule has 1 aromatic heterocycles. The van der Waals surface area contributed by atoms with Gasteiger partial charge in [-0.2, -0.15) is 0 Å². The molecule has 2 N–H and O–H groups in total. The van der Waals surface area contributed by atoms with Gasteiger partial charge in [0.05, 0.1) is 6.04 Å². The van der Waals surface area contributed by atoms with Crippen molar-refractivity contribution < 1.29 is 61.7 Å². The van der Waals surface area contributed by atoms with Crippen LogP contribution in [0.1, 0.15) is 12.6 Å². The molecule has 0 spiro atoms. The van der Waals surface area contributed by atoms with E-state index in [1.807, 2.05) is 0 Å². The quantitative estimate of drug-likeness (QED) is 0.103. The summed E-state index contributed by atoms with van der Waals surface area (Å²) in [5.41, 5.74) is -0.277. The van der Waals surface area contributed by atoms with Crippen molar-refractivity contribution in [3.63, 3.8) is 0 Å². The van der Waals surface area contributed by atoms with Crippen molar-refractivity contribution in [2.24, 2.45) is 5.16 Å². The average molecular weight is 462 g/mol. The zero-order chi connectivity index (χ0) is 20.4. The van der Waals surface area contributed by atoms with Gasteiger partial charge in [-0.1, -0.05) is 5.16 Å². The fraction of sp³-hybridized carbons (Fsp3) is 0.417. The van der Waals surface area contributed by atoms with Crippen molar-refractivity contribution in [2.75, 3.05) is 18.3 Å². The molecule has 1 aromatic rings. The third kappa shape index (κ3) is 5.40. The number of alkyl halides is 1. The van der Waals surface area contributed by atoms with E-state index in [2.05, 4.69) is 25.6 Å². The zero-order valence-electron chi connectivity index (χ0n) is 14.8. The van der Waals surface area contributed by atoms with Crippen molar-refractivity contribution in [3.05, 3.63) is 11.1 Å². The van der Waals surface area contributed by atoms with Gasteiger partial charge in [-0.25, -0.2) is 17.7 Å². The van der Waals surface area contributed by atoms with E-state index >= 15 is 0 Å². The second kappa shape index (κ2) is 9.96. The van der Waals surface area contributed by atoms with Crippen LogP contribution in [0, 0.1) is 0 Å². The summed E-state index contributed by atoms with van der Waals surface area (Å²) in [5, 5.41) is 9.77. The Kier molecular flexibility index (Phi) is 8.80. The topological polar surface area (TPSA) is 170 Å². The minimum Gasteiger partial charge on any atom is -0.731 e. The first-order chi connectivity index (χ1) is 12.6. The van der Waals surface area contributed by atoms with E-state index in [9.17, 15) is 27.4 Å². The van der Waals surface area contributed by atoms with E-state index in [1.54, 1.807) is 0 Å². The molecule has 1 fully saturated rings. The van der Waals surface area contributed by atoms with Crippen LogP contribution in [-0.4, -0.2) is 70.8 Å². The molecule has 1 saturated heterocycles. The molecule has 0 saturated carbocycles. The first kappa shape index (κ1) is 24.7. The monoisotopic (exact) mass is 461 g/mol. The summed E-state index contributed by atoms with van der Waals surface area (Å²) in [5.74, 6) is -2.73. The largest absolute Gasteiger partial charge is 1.00 e. The number of amides is 3. The number of halogens is 1. The number of β-lactam (4-membered cyclic amide) rings is 1. The Labute approximate surface area is 190 Å². The molecule has 1 aliphatic heterocycles. The van der Waals surface area contributed by atoms with Gasteiger partial charge in [-0.15, -0.1) is 22.9 Å². The predicted molar refractivity (Wildman–Crippen MR) is 92.9 cm³/mol. The molecule has 2 atom stereocenters. The Bertz CT molecular complexity index is 906. The molecule has 1 aliphatic rings. The Morgan fingerprint density at radius 1 is 1.50 bits per heavy atom. The molecule has 0 radical (unpaired) electrons. The minimum absolute atomic E-state index is 0. The van der Waals surface area contributed by atoms with Gasteiger partial charge in [0, 0.05) is 5.38 Å². The summed E-state index contributed by atoms with van der Waals surface area (Å²) in [7, 11) is -3.78. The van der Waals surface area contributed by atoms with E-state index in [4.69, 9.17) is 11.6 Å². The van der Waals surface area contributed by atoms with E-state index in [1.165, 1.54) is 19.4 Å². The Balaban J connectivity index is 0.00000392. The van der Waals surface area contributed by atoms with Crippen LogP contribution in [0.5, 0.6) is 0 Å². The van der Waals surface area contributed by atoms with Crippen molar-refractivity contribution in [2.45, 2.75) is 19.0 Å². The van der Waals surface area contributed by atoms with Gasteiger partial charge in [0.2, 0.25) is 5.91 Å². The second-order valence-corrected chi connectivity index (χ2v) is 7.50. The van der Waals surface area contributed by atoms with Crippen LogP contribution in [0.4, 0.5) is 5.13 Å². The number of anilines is 1. The molecule has 16 heteroatoms. The van der Waals surface area contributed by atoms with Gasteiger partial charge in [0.15, 0.2) is 21.1 Å². The minimum atomic E-state index is -4.96. The number of carbonyl (C=O) groups excluding carboxylic acids is 3. The van der Waals surface area contributed by atoms with E-state index in [0.717, 1.165) is 11.3 Å². The maximum atomic E-state index is 12.4. The van der Waals surface area contributed by atoms with Crippen LogP contribution < -0.4 is 40.2 Å². The standard InChI is InChI=1S/C12H14ClN5O7S2.Na/c1-5-8(11(21)18(5)27(22,23)24)16-10(20)9(17-25-2)6-4-26-12(14-6)15-7(19)3-13;/h4-5,8H,3H2,1-2H3,(H,16,20)(H,14,15,19)(H,22,23,24);/q;+1/p-1/t5-,8+;/m0./s1. The number of rotatable bonds is 7. The maximum Gasteiger partial charge on any atom is 1.00 e. The molecule has 28 heavy (non-hydrogen) atoms. The maximum absolute atomic E-state index is 12.4. The molecule has 3 amide bonds. The molecule has 0 aromatic carbocycles. The van der Waals surface area contributed by atoms with Crippen LogP contribution in [0.3, 0.4) is 0 Å². The van der Waals surface area contributed by atoms with Crippen LogP contribution in [0.15, 0.2) is 10.5 Å². The van der Waals surface area contributed by atoms with Gasteiger partial charge in [0.1, 0.15) is 24.7 Å². The summed E-state index contributed by atoms with van der Waals surface area (Å²) in [6.45, 7) is 1.29. The predicted octanol–water partition coefficient (Wildman–Crippen LogP) is -4.15. The number of nitrogens with zero attached hydrogens (tertiary/aromatic N) is 3. The Morgan fingerprint density at radius 2 is 2.14 bits per heavy atom. The van der Waals surface area contributed by atoms with Crippen LogP contribution in [0.2, 0.25) is 0 Å². The summed E-state index contributed by atoms with van der Waals surface area (Å²) in [6, 6.07) is -2.28.